The summed E-state index contributed by atoms with van der Waals surface area (Å²) >= 11 is 7.46. The minimum atomic E-state index is -1.28. The molecule has 0 unspecified atom stereocenters. The third-order valence-electron chi connectivity index (χ3n) is 2.55. The van der Waals surface area contributed by atoms with Crippen molar-refractivity contribution in [3.05, 3.63) is 46.9 Å². The number of hydrogen-bond donors (Lipinski definition) is 2. The highest BCUT2D eigenvalue weighted by atomic mass is 35.5. The molecule has 6 nitrogen and oxygen atoms in total. The summed E-state index contributed by atoms with van der Waals surface area (Å²) in [5, 5.41) is 11.7. The number of nitrogens with one attached hydrogen (secondary N) is 1. The summed E-state index contributed by atoms with van der Waals surface area (Å²) in [4.78, 5) is 31.6. The number of amides is 1. The third kappa shape index (κ3) is 3.50. The topological polar surface area (TPSA) is 92.2 Å². The zero-order chi connectivity index (χ0) is 15.4. The Labute approximate surface area is 129 Å². The van der Waals surface area contributed by atoms with Gasteiger partial charge in [0.15, 0.2) is 11.5 Å². The van der Waals surface area contributed by atoms with E-state index in [0.717, 1.165) is 4.90 Å². The van der Waals surface area contributed by atoms with E-state index in [1.54, 1.807) is 18.2 Å². The molecule has 0 aliphatic heterocycles. The van der Waals surface area contributed by atoms with Crippen LogP contribution in [0, 0.1) is 0 Å². The van der Waals surface area contributed by atoms with Crippen molar-refractivity contribution in [2.45, 2.75) is 4.90 Å². The zero-order valence-corrected chi connectivity index (χ0v) is 12.4. The smallest absolute Gasteiger partial charge is 0.358 e. The molecule has 1 heterocycles. The first kappa shape index (κ1) is 15.3. The molecule has 108 valence electrons. The van der Waals surface area contributed by atoms with Crippen molar-refractivity contribution in [2.75, 3.05) is 11.6 Å². The Balaban J connectivity index is 2.33. The molecule has 0 fully saturated rings. The van der Waals surface area contributed by atoms with Crippen LogP contribution in [0.5, 0.6) is 0 Å². The fourth-order valence-electron chi connectivity index (χ4n) is 1.57. The summed E-state index contributed by atoms with van der Waals surface area (Å²) < 4.78 is 0. The van der Waals surface area contributed by atoms with Gasteiger partial charge in [-0.2, -0.15) is 0 Å². The minimum Gasteiger partial charge on any atom is -0.476 e. The highest BCUT2D eigenvalue weighted by molar-refractivity contribution is 7.98. The molecule has 1 aromatic heterocycles. The van der Waals surface area contributed by atoms with Crippen LogP contribution >= 0.6 is 23.4 Å². The average Bonchev–Trinajstić information content (AvgIpc) is 2.48. The summed E-state index contributed by atoms with van der Waals surface area (Å²) in [7, 11) is 0. The molecule has 2 rings (SSSR count). The van der Waals surface area contributed by atoms with E-state index in [1.165, 1.54) is 24.2 Å². The highest BCUT2D eigenvalue weighted by Crippen LogP contribution is 2.24. The SMILES string of the molecule is CSc1ccc(Cl)c(C(=O)Nc2nccnc2C(=O)O)c1. The lowest BCUT2D eigenvalue weighted by Gasteiger charge is -2.08. The number of hydrogen-bond acceptors (Lipinski definition) is 5. The fraction of sp³-hybridized carbons (Fsp3) is 0.0769. The largest absolute Gasteiger partial charge is 0.476 e. The third-order valence-corrected chi connectivity index (χ3v) is 3.61. The summed E-state index contributed by atoms with van der Waals surface area (Å²) in [5.41, 5.74) is -0.0893. The lowest BCUT2D eigenvalue weighted by Crippen LogP contribution is -2.17. The number of aromatic nitrogens is 2. The monoisotopic (exact) mass is 323 g/mol. The normalized spacial score (nSPS) is 10.2. The molecular weight excluding hydrogens is 314 g/mol. The van der Waals surface area contributed by atoms with Crippen molar-refractivity contribution in [2.24, 2.45) is 0 Å². The second-order valence-electron chi connectivity index (χ2n) is 3.86. The van der Waals surface area contributed by atoms with E-state index in [0.29, 0.717) is 0 Å². The molecule has 0 saturated heterocycles. The summed E-state index contributed by atoms with van der Waals surface area (Å²) in [5.74, 6) is -1.94. The second-order valence-corrected chi connectivity index (χ2v) is 5.15. The van der Waals surface area contributed by atoms with Crippen LogP contribution in [-0.2, 0) is 0 Å². The number of thioether (sulfide) groups is 1. The van der Waals surface area contributed by atoms with E-state index in [4.69, 9.17) is 16.7 Å². The molecule has 1 aromatic carbocycles. The number of carbonyl (C=O) groups is 2. The molecule has 0 saturated carbocycles. The van der Waals surface area contributed by atoms with Crippen molar-refractivity contribution >= 4 is 41.1 Å². The molecular formula is C13H10ClN3O3S. The molecule has 1 amide bonds. The van der Waals surface area contributed by atoms with Crippen LogP contribution in [0.4, 0.5) is 5.82 Å². The number of nitrogens with zero attached hydrogens (tertiary/aromatic N) is 2. The predicted octanol–water partition coefficient (Wildman–Crippen LogP) is 2.80. The Morgan fingerprint density at radius 1 is 1.29 bits per heavy atom. The van der Waals surface area contributed by atoms with Crippen LogP contribution in [0.1, 0.15) is 20.8 Å². The molecule has 0 atom stereocenters. The van der Waals surface area contributed by atoms with Crippen molar-refractivity contribution in [3.63, 3.8) is 0 Å². The Morgan fingerprint density at radius 2 is 2.00 bits per heavy atom. The van der Waals surface area contributed by atoms with Gasteiger partial charge in [-0.25, -0.2) is 14.8 Å². The summed E-state index contributed by atoms with van der Waals surface area (Å²) in [6.45, 7) is 0. The Bertz CT molecular complexity index is 709. The van der Waals surface area contributed by atoms with Crippen LogP contribution in [0.2, 0.25) is 5.02 Å². The minimum absolute atomic E-state index is 0.124. The average molecular weight is 324 g/mol. The van der Waals surface area contributed by atoms with E-state index >= 15 is 0 Å². The summed E-state index contributed by atoms with van der Waals surface area (Å²) in [6.07, 6.45) is 4.40. The van der Waals surface area contributed by atoms with Crippen molar-refractivity contribution in [1.82, 2.24) is 9.97 Å². The predicted molar refractivity (Wildman–Crippen MR) is 80.2 cm³/mol. The maximum atomic E-state index is 12.2. The number of carboxylic acids is 1. The van der Waals surface area contributed by atoms with Gasteiger partial charge < -0.3 is 10.4 Å². The number of carbonyl (C=O) groups excluding carboxylic acids is 1. The highest BCUT2D eigenvalue weighted by Gasteiger charge is 2.17. The molecule has 0 spiro atoms. The van der Waals surface area contributed by atoms with E-state index in [1.807, 2.05) is 6.26 Å². The Kier molecular flexibility index (Phi) is 4.77. The molecule has 0 aliphatic carbocycles. The van der Waals surface area contributed by atoms with Crippen LogP contribution in [0.3, 0.4) is 0 Å². The zero-order valence-electron chi connectivity index (χ0n) is 10.8. The van der Waals surface area contributed by atoms with Gasteiger partial charge in [0.1, 0.15) is 0 Å². The molecule has 2 aromatic rings. The van der Waals surface area contributed by atoms with Gasteiger partial charge in [0.05, 0.1) is 10.6 Å². The van der Waals surface area contributed by atoms with Crippen molar-refractivity contribution in [1.29, 1.82) is 0 Å². The van der Waals surface area contributed by atoms with Gasteiger partial charge in [0, 0.05) is 17.3 Å². The van der Waals surface area contributed by atoms with Crippen molar-refractivity contribution in [3.8, 4) is 0 Å². The van der Waals surface area contributed by atoms with Crippen LogP contribution in [0.25, 0.3) is 0 Å². The molecule has 8 heteroatoms. The molecule has 21 heavy (non-hydrogen) atoms. The number of benzene rings is 1. The molecule has 2 N–H and O–H groups in total. The lowest BCUT2D eigenvalue weighted by atomic mass is 10.2. The maximum Gasteiger partial charge on any atom is 0.358 e. The second kappa shape index (κ2) is 6.55. The first-order valence-electron chi connectivity index (χ1n) is 5.72. The van der Waals surface area contributed by atoms with Crippen LogP contribution < -0.4 is 5.32 Å². The van der Waals surface area contributed by atoms with Gasteiger partial charge in [0.2, 0.25) is 0 Å². The first-order valence-corrected chi connectivity index (χ1v) is 7.32. The van der Waals surface area contributed by atoms with Crippen LogP contribution in [-0.4, -0.2) is 33.2 Å². The quantitative estimate of drug-likeness (QED) is 0.840. The number of aromatic carboxylic acids is 1. The van der Waals surface area contributed by atoms with Gasteiger partial charge in [-0.1, -0.05) is 11.6 Å². The number of anilines is 1. The van der Waals surface area contributed by atoms with Gasteiger partial charge in [0.25, 0.3) is 5.91 Å². The fourth-order valence-corrected chi connectivity index (χ4v) is 2.21. The molecule has 0 radical (unpaired) electrons. The Hall–Kier alpha value is -2.12. The van der Waals surface area contributed by atoms with E-state index in [-0.39, 0.29) is 22.1 Å². The molecule has 0 aliphatic rings. The maximum absolute atomic E-state index is 12.2. The number of halogens is 1. The standard InChI is InChI=1S/C13H10ClN3O3S/c1-21-7-2-3-9(14)8(6-7)12(18)17-11-10(13(19)20)15-4-5-16-11/h2-6H,1H3,(H,19,20)(H,16,17,18). The van der Waals surface area contributed by atoms with Gasteiger partial charge in [-0.05, 0) is 24.5 Å². The van der Waals surface area contributed by atoms with Crippen molar-refractivity contribution < 1.29 is 14.7 Å². The van der Waals surface area contributed by atoms with E-state index in [2.05, 4.69) is 15.3 Å². The lowest BCUT2D eigenvalue weighted by molar-refractivity contribution is 0.0691. The van der Waals surface area contributed by atoms with Crippen LogP contribution in [0.15, 0.2) is 35.5 Å². The van der Waals surface area contributed by atoms with Gasteiger partial charge in [-0.15, -0.1) is 11.8 Å². The van der Waals surface area contributed by atoms with E-state index < -0.39 is 11.9 Å². The van der Waals surface area contributed by atoms with E-state index in [9.17, 15) is 9.59 Å². The van der Waals surface area contributed by atoms with Gasteiger partial charge in [-0.3, -0.25) is 4.79 Å². The Morgan fingerprint density at radius 3 is 2.67 bits per heavy atom. The number of rotatable bonds is 4. The molecule has 0 bridgehead atoms. The first-order chi connectivity index (χ1) is 10.0. The summed E-state index contributed by atoms with van der Waals surface area (Å²) in [6, 6.07) is 5.02. The van der Waals surface area contributed by atoms with Gasteiger partial charge >= 0.3 is 5.97 Å². The number of carboxylic acid groups (broad SMARTS) is 1.